The van der Waals surface area contributed by atoms with E-state index in [1.54, 1.807) is 0 Å². The van der Waals surface area contributed by atoms with Gasteiger partial charge in [0.2, 0.25) is 0 Å². The molecule has 11 aromatic rings. The Morgan fingerprint density at radius 2 is 1.11 bits per heavy atom. The summed E-state index contributed by atoms with van der Waals surface area (Å²) in [5.74, 6) is 0. The van der Waals surface area contributed by atoms with E-state index in [0.717, 1.165) is 11.4 Å². The van der Waals surface area contributed by atoms with Gasteiger partial charge in [-0.1, -0.05) is 135 Å². The summed E-state index contributed by atoms with van der Waals surface area (Å²) in [7, 11) is 0. The van der Waals surface area contributed by atoms with Crippen LogP contribution < -0.4 is 21.3 Å². The van der Waals surface area contributed by atoms with Crippen molar-refractivity contribution in [2.24, 2.45) is 0 Å². The maximum atomic E-state index is 2.69. The van der Waals surface area contributed by atoms with E-state index in [1.165, 1.54) is 111 Å². The van der Waals surface area contributed by atoms with Crippen LogP contribution in [0.2, 0.25) is 0 Å². The lowest BCUT2D eigenvalue weighted by Gasteiger charge is -2.35. The van der Waals surface area contributed by atoms with E-state index in [4.69, 9.17) is 0 Å². The molecule has 0 radical (unpaired) electrons. The molecule has 0 unspecified atom stereocenters. The SMILES string of the molecule is Cc1cc2c3c(c1)-n1c4c(cccc4c4c1c1ccccc1n4-c1ccccc1)B3c1ccc(N(c3ccccc3)c3ccccc3)c3c4c(n-2c13)-c1ccccc1C4(C)C. The van der Waals surface area contributed by atoms with Crippen molar-refractivity contribution < 1.29 is 0 Å². The van der Waals surface area contributed by atoms with Gasteiger partial charge < -0.3 is 18.6 Å². The first-order chi connectivity index (χ1) is 30.0. The van der Waals surface area contributed by atoms with Crippen LogP contribution in [0, 0.1) is 6.92 Å². The third-order valence-corrected chi connectivity index (χ3v) is 14.2. The van der Waals surface area contributed by atoms with E-state index in [0.29, 0.717) is 0 Å². The molecule has 0 bridgehead atoms. The van der Waals surface area contributed by atoms with E-state index in [-0.39, 0.29) is 12.1 Å². The van der Waals surface area contributed by atoms with Crippen LogP contribution >= 0.6 is 0 Å². The van der Waals surface area contributed by atoms with Gasteiger partial charge in [0.1, 0.15) is 0 Å². The zero-order chi connectivity index (χ0) is 40.3. The van der Waals surface area contributed by atoms with Crippen LogP contribution in [-0.2, 0) is 5.41 Å². The van der Waals surface area contributed by atoms with Crippen molar-refractivity contribution in [3.05, 3.63) is 199 Å². The second kappa shape index (κ2) is 11.6. The zero-order valence-corrected chi connectivity index (χ0v) is 34.2. The number of aryl methyl sites for hydroxylation is 1. The Labute approximate surface area is 354 Å². The van der Waals surface area contributed by atoms with Gasteiger partial charge in [-0.3, -0.25) is 0 Å². The summed E-state index contributed by atoms with van der Waals surface area (Å²) in [6.07, 6.45) is 0. The number of aromatic nitrogens is 3. The van der Waals surface area contributed by atoms with E-state index < -0.39 is 0 Å². The van der Waals surface area contributed by atoms with Crippen LogP contribution in [0.25, 0.3) is 72.1 Å². The van der Waals surface area contributed by atoms with Gasteiger partial charge in [0.15, 0.2) is 0 Å². The van der Waals surface area contributed by atoms with Gasteiger partial charge in [0.05, 0.1) is 39.0 Å². The first-order valence-corrected chi connectivity index (χ1v) is 21.5. The molecule has 3 aliphatic rings. The highest BCUT2D eigenvalue weighted by molar-refractivity contribution is 7.00. The number of fused-ring (bicyclic) bond motifs is 14. The van der Waals surface area contributed by atoms with Crippen molar-refractivity contribution in [1.29, 1.82) is 0 Å². The van der Waals surface area contributed by atoms with Crippen molar-refractivity contribution in [3.63, 3.8) is 0 Å². The zero-order valence-electron chi connectivity index (χ0n) is 34.2. The van der Waals surface area contributed by atoms with Crippen LogP contribution in [0.3, 0.4) is 0 Å². The largest absolute Gasteiger partial charge is 0.310 e. The monoisotopic (exact) mass is 778 g/mol. The topological polar surface area (TPSA) is 18.0 Å². The Hall–Kier alpha value is -7.50. The number of hydrogen-bond donors (Lipinski definition) is 0. The van der Waals surface area contributed by atoms with Gasteiger partial charge >= 0.3 is 0 Å². The minimum absolute atomic E-state index is 0.0385. The standard InChI is InChI=1S/C56H39BN4/c1-34-32-46-50-47(33-34)61-52-38-24-13-15-27-41(38)56(2,3)49(52)48-45(58(35-18-7-4-8-19-35)36-20-9-5-10-21-36)31-30-43(55(48)61)57(50)42-28-17-26-40-51(42)60(46)53-39-25-14-16-29-44(39)59(54(40)53)37-22-11-6-12-23-37/h4-33H,1-3H3. The maximum absolute atomic E-state index is 2.69. The van der Waals surface area contributed by atoms with Crippen LogP contribution in [-0.4, -0.2) is 20.4 Å². The fraction of sp³-hybridized carbons (Fsp3) is 0.0714. The summed E-state index contributed by atoms with van der Waals surface area (Å²) in [5, 5.41) is 3.88. The highest BCUT2D eigenvalue weighted by Gasteiger charge is 2.47. The molecule has 2 aliphatic heterocycles. The molecular formula is C56H39BN4. The van der Waals surface area contributed by atoms with Crippen molar-refractivity contribution in [2.75, 3.05) is 4.90 Å². The molecule has 5 heteroatoms. The van der Waals surface area contributed by atoms with E-state index in [1.807, 2.05) is 0 Å². The Kier molecular flexibility index (Phi) is 6.35. The Bertz CT molecular complexity index is 3640. The molecular weight excluding hydrogens is 739 g/mol. The van der Waals surface area contributed by atoms with E-state index in [9.17, 15) is 0 Å². The van der Waals surface area contributed by atoms with Crippen LogP contribution in [0.15, 0.2) is 182 Å². The van der Waals surface area contributed by atoms with E-state index >= 15 is 0 Å². The second-order valence-electron chi connectivity index (χ2n) is 17.7. The van der Waals surface area contributed by atoms with Gasteiger partial charge in [-0.25, -0.2) is 0 Å². The predicted octanol–water partition coefficient (Wildman–Crippen LogP) is 11.9. The van der Waals surface area contributed by atoms with Crippen molar-refractivity contribution in [2.45, 2.75) is 26.2 Å². The lowest BCUT2D eigenvalue weighted by Crippen LogP contribution is -2.59. The van der Waals surface area contributed by atoms with Crippen molar-refractivity contribution in [3.8, 4) is 28.3 Å². The molecule has 4 nitrogen and oxygen atoms in total. The fourth-order valence-corrected chi connectivity index (χ4v) is 11.9. The summed E-state index contributed by atoms with van der Waals surface area (Å²) in [4.78, 5) is 2.48. The average Bonchev–Trinajstić information content (AvgIpc) is 4.01. The molecule has 14 rings (SSSR count). The minimum atomic E-state index is -0.245. The summed E-state index contributed by atoms with van der Waals surface area (Å²) < 4.78 is 7.81. The Morgan fingerprint density at radius 3 is 1.87 bits per heavy atom. The summed E-state index contributed by atoms with van der Waals surface area (Å²) >= 11 is 0. The Morgan fingerprint density at radius 1 is 0.508 bits per heavy atom. The molecule has 0 amide bonds. The number of benzene rings is 8. The van der Waals surface area contributed by atoms with Gasteiger partial charge in [0.25, 0.3) is 6.71 Å². The quantitative estimate of drug-likeness (QED) is 0.163. The highest BCUT2D eigenvalue weighted by Crippen LogP contribution is 2.57. The average molecular weight is 779 g/mol. The molecule has 8 aromatic carbocycles. The van der Waals surface area contributed by atoms with Gasteiger partial charge in [-0.2, -0.15) is 0 Å². The molecule has 0 spiro atoms. The predicted molar refractivity (Wildman–Crippen MR) is 256 cm³/mol. The molecule has 3 aromatic heterocycles. The summed E-state index contributed by atoms with van der Waals surface area (Å²) in [6, 6.07) is 67.7. The van der Waals surface area contributed by atoms with Gasteiger partial charge in [-0.15, -0.1) is 0 Å². The molecule has 0 fully saturated rings. The fourth-order valence-electron chi connectivity index (χ4n) is 11.9. The Balaban J connectivity index is 1.17. The number of anilines is 3. The van der Waals surface area contributed by atoms with Crippen LogP contribution in [0.1, 0.15) is 30.5 Å². The third-order valence-electron chi connectivity index (χ3n) is 14.2. The molecule has 0 atom stereocenters. The first-order valence-electron chi connectivity index (χ1n) is 21.5. The molecule has 0 saturated carbocycles. The summed E-state index contributed by atoms with van der Waals surface area (Å²) in [6.45, 7) is 7.20. The lowest BCUT2D eigenvalue weighted by molar-refractivity contribution is 0.666. The van der Waals surface area contributed by atoms with Gasteiger partial charge in [0, 0.05) is 55.6 Å². The van der Waals surface area contributed by atoms with Crippen molar-refractivity contribution >= 4 is 83.9 Å². The number of nitrogens with zero attached hydrogens (tertiary/aromatic N) is 4. The maximum Gasteiger partial charge on any atom is 0.252 e. The number of rotatable bonds is 4. The molecule has 0 N–H and O–H groups in total. The molecule has 286 valence electrons. The molecule has 1 aliphatic carbocycles. The lowest BCUT2D eigenvalue weighted by atomic mass is 9.34. The van der Waals surface area contributed by atoms with Gasteiger partial charge in [-0.05, 0) is 101 Å². The molecule has 0 saturated heterocycles. The smallest absolute Gasteiger partial charge is 0.252 e. The molecule has 61 heavy (non-hydrogen) atoms. The normalized spacial score (nSPS) is 13.9. The third kappa shape index (κ3) is 4.07. The van der Waals surface area contributed by atoms with Crippen LogP contribution in [0.5, 0.6) is 0 Å². The molecule has 5 heterocycles. The second-order valence-corrected chi connectivity index (χ2v) is 17.7. The minimum Gasteiger partial charge on any atom is -0.310 e. The summed E-state index contributed by atoms with van der Waals surface area (Å²) in [5.41, 5.74) is 24.1. The highest BCUT2D eigenvalue weighted by atomic mass is 15.2. The van der Waals surface area contributed by atoms with E-state index in [2.05, 4.69) is 221 Å². The first kappa shape index (κ1) is 33.3. The van der Waals surface area contributed by atoms with Crippen LogP contribution in [0.4, 0.5) is 17.1 Å². The number of para-hydroxylation sites is 5. The van der Waals surface area contributed by atoms with Crippen molar-refractivity contribution in [1.82, 2.24) is 13.7 Å². The number of hydrogen-bond acceptors (Lipinski definition) is 1.